The number of carbonyl (C=O) groups is 2. The molecule has 0 saturated heterocycles. The third-order valence-electron chi connectivity index (χ3n) is 1.97. The van der Waals surface area contributed by atoms with Crippen LogP contribution in [0.1, 0.15) is 20.3 Å². The highest BCUT2D eigenvalue weighted by atomic mass is 16.5. The number of carboxylic acids is 1. The Bertz CT molecular complexity index is 240. The Hall–Kier alpha value is -1.14. The van der Waals surface area contributed by atoms with Crippen LogP contribution in [-0.4, -0.2) is 42.3 Å². The summed E-state index contributed by atoms with van der Waals surface area (Å²) in [7, 11) is 1.53. The number of nitrogens with one attached hydrogen (secondary N) is 1. The van der Waals surface area contributed by atoms with E-state index in [1.54, 1.807) is 13.8 Å². The van der Waals surface area contributed by atoms with E-state index in [1.807, 2.05) is 0 Å². The molecule has 6 nitrogen and oxygen atoms in total. The second-order valence-electron chi connectivity index (χ2n) is 3.89. The third-order valence-corrected chi connectivity index (χ3v) is 1.97. The summed E-state index contributed by atoms with van der Waals surface area (Å²) in [6, 6.07) is -1.02. The van der Waals surface area contributed by atoms with Gasteiger partial charge in [-0.3, -0.25) is 9.59 Å². The van der Waals surface area contributed by atoms with Crippen LogP contribution in [0, 0.1) is 0 Å². The molecule has 1 atom stereocenters. The van der Waals surface area contributed by atoms with Crippen LogP contribution in [0.4, 0.5) is 0 Å². The van der Waals surface area contributed by atoms with Gasteiger partial charge < -0.3 is 20.9 Å². The Morgan fingerprint density at radius 3 is 2.47 bits per heavy atom. The van der Waals surface area contributed by atoms with Gasteiger partial charge in [0.25, 0.3) is 0 Å². The van der Waals surface area contributed by atoms with Crippen molar-refractivity contribution < 1.29 is 19.4 Å². The molecule has 0 fully saturated rings. The quantitative estimate of drug-likeness (QED) is 0.548. The van der Waals surface area contributed by atoms with E-state index in [9.17, 15) is 9.59 Å². The molecule has 0 rings (SSSR count). The second kappa shape index (κ2) is 5.67. The number of hydrogen-bond acceptors (Lipinski definition) is 4. The monoisotopic (exact) mass is 218 g/mol. The second-order valence-corrected chi connectivity index (χ2v) is 3.89. The molecule has 0 heterocycles. The highest BCUT2D eigenvalue weighted by Crippen LogP contribution is 2.04. The van der Waals surface area contributed by atoms with Gasteiger partial charge in [0.05, 0.1) is 18.1 Å². The first-order valence-corrected chi connectivity index (χ1v) is 4.59. The van der Waals surface area contributed by atoms with Crippen molar-refractivity contribution in [1.82, 2.24) is 5.32 Å². The van der Waals surface area contributed by atoms with Crippen molar-refractivity contribution in [2.45, 2.75) is 31.9 Å². The molecule has 0 aromatic rings. The summed E-state index contributed by atoms with van der Waals surface area (Å²) in [4.78, 5) is 21.6. The zero-order valence-corrected chi connectivity index (χ0v) is 9.24. The van der Waals surface area contributed by atoms with E-state index in [2.05, 4.69) is 5.32 Å². The lowest BCUT2D eigenvalue weighted by Crippen LogP contribution is -2.47. The lowest BCUT2D eigenvalue weighted by molar-refractivity contribution is -0.139. The minimum Gasteiger partial charge on any atom is -0.481 e. The van der Waals surface area contributed by atoms with Crippen molar-refractivity contribution in [2.24, 2.45) is 5.73 Å². The number of amides is 1. The van der Waals surface area contributed by atoms with E-state index >= 15 is 0 Å². The van der Waals surface area contributed by atoms with E-state index in [1.165, 1.54) is 7.11 Å². The van der Waals surface area contributed by atoms with Crippen LogP contribution >= 0.6 is 0 Å². The van der Waals surface area contributed by atoms with Gasteiger partial charge in [0.15, 0.2) is 0 Å². The Labute approximate surface area is 88.8 Å². The summed E-state index contributed by atoms with van der Waals surface area (Å²) in [6.45, 7) is 3.89. The number of rotatable bonds is 6. The van der Waals surface area contributed by atoms with Crippen LogP contribution in [-0.2, 0) is 14.3 Å². The van der Waals surface area contributed by atoms with Crippen molar-refractivity contribution in [2.75, 3.05) is 13.7 Å². The molecule has 0 radical (unpaired) electrons. The Kier molecular flexibility index (Phi) is 5.24. The summed E-state index contributed by atoms with van der Waals surface area (Å²) < 4.78 is 5.08. The van der Waals surface area contributed by atoms with Gasteiger partial charge in [-0.25, -0.2) is 0 Å². The molecule has 0 aliphatic carbocycles. The zero-order valence-electron chi connectivity index (χ0n) is 9.24. The van der Waals surface area contributed by atoms with Gasteiger partial charge >= 0.3 is 5.97 Å². The molecule has 0 bridgehead atoms. The Morgan fingerprint density at radius 1 is 1.53 bits per heavy atom. The van der Waals surface area contributed by atoms with Crippen LogP contribution in [0.3, 0.4) is 0 Å². The highest BCUT2D eigenvalue weighted by molar-refractivity contribution is 5.85. The van der Waals surface area contributed by atoms with E-state index in [0.717, 1.165) is 0 Å². The molecule has 0 aromatic carbocycles. The van der Waals surface area contributed by atoms with Gasteiger partial charge in [-0.2, -0.15) is 0 Å². The fourth-order valence-electron chi connectivity index (χ4n) is 0.784. The average molecular weight is 218 g/mol. The van der Waals surface area contributed by atoms with Gasteiger partial charge in [-0.15, -0.1) is 0 Å². The first-order valence-electron chi connectivity index (χ1n) is 4.59. The smallest absolute Gasteiger partial charge is 0.305 e. The molecule has 1 unspecified atom stereocenters. The fraction of sp³-hybridized carbons (Fsp3) is 0.778. The van der Waals surface area contributed by atoms with Gasteiger partial charge in [0, 0.05) is 13.7 Å². The molecule has 0 aromatic heterocycles. The Morgan fingerprint density at radius 2 is 2.07 bits per heavy atom. The SMILES string of the molecule is COC(C)(C)CNC(=O)C(N)CC(=O)O. The maximum atomic E-state index is 11.3. The van der Waals surface area contributed by atoms with Crippen LogP contribution < -0.4 is 11.1 Å². The van der Waals surface area contributed by atoms with Crippen LogP contribution in [0.15, 0.2) is 0 Å². The van der Waals surface area contributed by atoms with Crippen LogP contribution in [0.5, 0.6) is 0 Å². The maximum Gasteiger partial charge on any atom is 0.305 e. The van der Waals surface area contributed by atoms with Crippen molar-refractivity contribution in [1.29, 1.82) is 0 Å². The van der Waals surface area contributed by atoms with E-state index in [4.69, 9.17) is 15.6 Å². The molecular formula is C9H18N2O4. The molecule has 1 amide bonds. The number of hydrogen-bond donors (Lipinski definition) is 3. The molecular weight excluding hydrogens is 200 g/mol. The lowest BCUT2D eigenvalue weighted by atomic mass is 10.1. The first kappa shape index (κ1) is 13.9. The van der Waals surface area contributed by atoms with Gasteiger partial charge in [0.1, 0.15) is 0 Å². The number of carboxylic acid groups (broad SMARTS) is 1. The maximum absolute atomic E-state index is 11.3. The topological polar surface area (TPSA) is 102 Å². The summed E-state index contributed by atoms with van der Waals surface area (Å²) >= 11 is 0. The summed E-state index contributed by atoms with van der Waals surface area (Å²) in [5.41, 5.74) is 4.87. The minimum atomic E-state index is -1.09. The minimum absolute atomic E-state index is 0.287. The molecule has 4 N–H and O–H groups in total. The molecule has 0 aliphatic rings. The number of aliphatic carboxylic acids is 1. The van der Waals surface area contributed by atoms with E-state index < -0.39 is 23.5 Å². The highest BCUT2D eigenvalue weighted by Gasteiger charge is 2.21. The van der Waals surface area contributed by atoms with Gasteiger partial charge in [0.2, 0.25) is 5.91 Å². The first-order chi connectivity index (χ1) is 6.78. The van der Waals surface area contributed by atoms with Crippen molar-refractivity contribution in [3.63, 3.8) is 0 Å². The summed E-state index contributed by atoms with van der Waals surface area (Å²) in [6.07, 6.45) is -0.376. The summed E-state index contributed by atoms with van der Waals surface area (Å²) in [5, 5.41) is 10.9. The molecule has 0 spiro atoms. The number of carbonyl (C=O) groups excluding carboxylic acids is 1. The third kappa shape index (κ3) is 6.03. The van der Waals surface area contributed by atoms with E-state index in [0.29, 0.717) is 0 Å². The van der Waals surface area contributed by atoms with Crippen molar-refractivity contribution in [3.05, 3.63) is 0 Å². The van der Waals surface area contributed by atoms with Crippen molar-refractivity contribution in [3.8, 4) is 0 Å². The fourth-order valence-corrected chi connectivity index (χ4v) is 0.784. The predicted molar refractivity (Wildman–Crippen MR) is 54.3 cm³/mol. The normalized spacial score (nSPS) is 13.3. The largest absolute Gasteiger partial charge is 0.481 e. The molecule has 0 saturated carbocycles. The number of nitrogens with two attached hydrogens (primary N) is 1. The standard InChI is InChI=1S/C9H18N2O4/c1-9(2,15-3)5-11-8(14)6(10)4-7(12)13/h6H,4-5,10H2,1-3H3,(H,11,14)(H,12,13). The zero-order chi connectivity index (χ0) is 12.1. The summed E-state index contributed by atoms with van der Waals surface area (Å²) in [5.74, 6) is -1.58. The number of methoxy groups -OCH3 is 1. The molecule has 15 heavy (non-hydrogen) atoms. The average Bonchev–Trinajstić information content (AvgIpc) is 2.13. The van der Waals surface area contributed by atoms with Gasteiger partial charge in [-0.05, 0) is 13.8 Å². The number of ether oxygens (including phenoxy) is 1. The molecule has 88 valence electrons. The lowest BCUT2D eigenvalue weighted by Gasteiger charge is -2.23. The molecule has 6 heteroatoms. The van der Waals surface area contributed by atoms with Crippen LogP contribution in [0.2, 0.25) is 0 Å². The van der Waals surface area contributed by atoms with Crippen molar-refractivity contribution >= 4 is 11.9 Å². The van der Waals surface area contributed by atoms with Crippen LogP contribution in [0.25, 0.3) is 0 Å². The Balaban J connectivity index is 3.98. The molecule has 0 aliphatic heterocycles. The van der Waals surface area contributed by atoms with Gasteiger partial charge in [-0.1, -0.05) is 0 Å². The van der Waals surface area contributed by atoms with E-state index in [-0.39, 0.29) is 13.0 Å². The predicted octanol–water partition coefficient (Wildman–Crippen LogP) is -0.670.